The number of ether oxygens (including phenoxy) is 1. The fourth-order valence-electron chi connectivity index (χ4n) is 3.75. The molecule has 0 amide bonds. The molecule has 11 heteroatoms. The third-order valence-corrected chi connectivity index (χ3v) is 7.12. The number of nitrogens with zero attached hydrogens (tertiary/aromatic N) is 4. The van der Waals surface area contributed by atoms with Crippen molar-refractivity contribution in [3.8, 4) is 0 Å². The summed E-state index contributed by atoms with van der Waals surface area (Å²) in [6, 6.07) is 1.58. The lowest BCUT2D eigenvalue weighted by molar-refractivity contribution is 0.0579. The van der Waals surface area contributed by atoms with Crippen LogP contribution in [0.15, 0.2) is 21.8 Å². The van der Waals surface area contributed by atoms with Crippen LogP contribution < -0.4 is 5.32 Å². The van der Waals surface area contributed by atoms with Crippen LogP contribution >= 0.6 is 24.0 Å². The van der Waals surface area contributed by atoms with Crippen LogP contribution in [-0.2, 0) is 20.5 Å². The van der Waals surface area contributed by atoms with Gasteiger partial charge in [0.15, 0.2) is 5.96 Å². The summed E-state index contributed by atoms with van der Waals surface area (Å²) in [5, 5.41) is 7.03. The molecule has 1 saturated carbocycles. The van der Waals surface area contributed by atoms with Crippen LogP contribution in [0.1, 0.15) is 44.7 Å². The van der Waals surface area contributed by atoms with Crippen molar-refractivity contribution >= 4 is 40.0 Å². The van der Waals surface area contributed by atoms with Gasteiger partial charge in [0, 0.05) is 51.9 Å². The predicted octanol–water partition coefficient (Wildman–Crippen LogP) is 2.05. The number of hydrogen-bond donors (Lipinski definition) is 1. The Morgan fingerprint density at radius 2 is 2.03 bits per heavy atom. The molecular formula is C19H34IN5O4S. The van der Waals surface area contributed by atoms with Gasteiger partial charge in [0.2, 0.25) is 10.0 Å². The third-order valence-electron chi connectivity index (χ3n) is 5.31. The molecule has 1 aromatic rings. The Hall–Kier alpha value is -0.920. The van der Waals surface area contributed by atoms with Crippen molar-refractivity contribution in [1.29, 1.82) is 0 Å². The topological polar surface area (TPSA) is 100 Å². The van der Waals surface area contributed by atoms with Gasteiger partial charge in [0.05, 0.1) is 11.8 Å². The molecule has 9 nitrogen and oxygen atoms in total. The summed E-state index contributed by atoms with van der Waals surface area (Å²) in [7, 11) is -3.39. The van der Waals surface area contributed by atoms with E-state index in [4.69, 9.17) is 14.3 Å². The first kappa shape index (κ1) is 25.3. The van der Waals surface area contributed by atoms with E-state index >= 15 is 0 Å². The standard InChI is InChI=1S/C19H33N5O4S.HI/c1-2-20-19(21-9-5-14-27-18-6-3-4-7-18)23-10-12-24(13-11-23)29(25,26)16-17-8-15-28-22-17;/h8,15,18H,2-7,9-14,16H2,1H3,(H,20,21);1H. The zero-order chi connectivity index (χ0) is 20.5. The molecule has 1 saturated heterocycles. The van der Waals surface area contributed by atoms with Gasteiger partial charge in [-0.25, -0.2) is 8.42 Å². The summed E-state index contributed by atoms with van der Waals surface area (Å²) < 4.78 is 37.3. The van der Waals surface area contributed by atoms with Crippen LogP contribution in [0.5, 0.6) is 0 Å². The van der Waals surface area contributed by atoms with Gasteiger partial charge in [-0.3, -0.25) is 4.99 Å². The van der Waals surface area contributed by atoms with Crippen molar-refractivity contribution in [2.75, 3.05) is 45.9 Å². The highest BCUT2D eigenvalue weighted by Crippen LogP contribution is 2.20. The van der Waals surface area contributed by atoms with Crippen molar-refractivity contribution in [2.24, 2.45) is 4.99 Å². The summed E-state index contributed by atoms with van der Waals surface area (Å²) >= 11 is 0. The van der Waals surface area contributed by atoms with E-state index in [1.165, 1.54) is 36.3 Å². The molecule has 0 radical (unpaired) electrons. The Morgan fingerprint density at radius 3 is 2.67 bits per heavy atom. The fraction of sp³-hybridized carbons (Fsp3) is 0.789. The molecule has 0 bridgehead atoms. The van der Waals surface area contributed by atoms with Crippen molar-refractivity contribution in [2.45, 2.75) is 50.9 Å². The number of nitrogens with one attached hydrogen (secondary N) is 1. The molecule has 30 heavy (non-hydrogen) atoms. The minimum absolute atomic E-state index is 0. The quantitative estimate of drug-likeness (QED) is 0.216. The normalized spacial score (nSPS) is 19.1. The number of sulfonamides is 1. The van der Waals surface area contributed by atoms with E-state index in [1.54, 1.807) is 6.07 Å². The number of halogens is 1. The summed E-state index contributed by atoms with van der Waals surface area (Å²) in [5.74, 6) is 0.723. The van der Waals surface area contributed by atoms with E-state index in [1.807, 2.05) is 6.92 Å². The Labute approximate surface area is 196 Å². The third kappa shape index (κ3) is 7.65. The minimum atomic E-state index is -3.39. The number of piperazine rings is 1. The molecule has 1 aromatic heterocycles. The lowest BCUT2D eigenvalue weighted by atomic mass is 10.3. The highest BCUT2D eigenvalue weighted by Gasteiger charge is 2.29. The highest BCUT2D eigenvalue weighted by atomic mass is 127. The van der Waals surface area contributed by atoms with Crippen LogP contribution in [0.2, 0.25) is 0 Å². The van der Waals surface area contributed by atoms with Gasteiger partial charge in [-0.15, -0.1) is 24.0 Å². The monoisotopic (exact) mass is 555 g/mol. The van der Waals surface area contributed by atoms with Crippen LogP contribution in [0.4, 0.5) is 0 Å². The number of aromatic nitrogens is 1. The molecule has 1 aliphatic heterocycles. The maximum atomic E-state index is 12.6. The molecule has 0 aromatic carbocycles. The number of rotatable bonds is 9. The van der Waals surface area contributed by atoms with Gasteiger partial charge >= 0.3 is 0 Å². The highest BCUT2D eigenvalue weighted by molar-refractivity contribution is 14.0. The van der Waals surface area contributed by atoms with Crippen molar-refractivity contribution < 1.29 is 17.7 Å². The molecule has 3 rings (SSSR count). The Balaban J connectivity index is 0.00000320. The molecule has 1 aliphatic carbocycles. The van der Waals surface area contributed by atoms with E-state index < -0.39 is 10.0 Å². The minimum Gasteiger partial charge on any atom is -0.378 e. The largest absolute Gasteiger partial charge is 0.378 e. The molecule has 0 unspecified atom stereocenters. The first-order valence-electron chi connectivity index (χ1n) is 10.6. The number of aliphatic imine (C=N–C) groups is 1. The molecule has 1 N–H and O–H groups in total. The molecule has 2 heterocycles. The van der Waals surface area contributed by atoms with Gasteiger partial charge in [-0.1, -0.05) is 18.0 Å². The smallest absolute Gasteiger partial charge is 0.220 e. The first-order chi connectivity index (χ1) is 14.1. The molecule has 2 aliphatic rings. The van der Waals surface area contributed by atoms with Crippen LogP contribution in [0.25, 0.3) is 0 Å². The lowest BCUT2D eigenvalue weighted by Crippen LogP contribution is -2.53. The second-order valence-electron chi connectivity index (χ2n) is 7.50. The summed E-state index contributed by atoms with van der Waals surface area (Å²) in [6.07, 6.45) is 7.69. The maximum absolute atomic E-state index is 12.6. The second kappa shape index (κ2) is 12.8. The zero-order valence-electron chi connectivity index (χ0n) is 17.7. The zero-order valence-corrected chi connectivity index (χ0v) is 20.8. The van der Waals surface area contributed by atoms with E-state index in [-0.39, 0.29) is 29.7 Å². The van der Waals surface area contributed by atoms with E-state index in [2.05, 4.69) is 15.4 Å². The van der Waals surface area contributed by atoms with E-state index in [9.17, 15) is 8.42 Å². The molecule has 172 valence electrons. The van der Waals surface area contributed by atoms with Gasteiger partial charge in [0.1, 0.15) is 12.0 Å². The number of hydrogen-bond acceptors (Lipinski definition) is 6. The summed E-state index contributed by atoms with van der Waals surface area (Å²) in [6.45, 7) is 6.39. The van der Waals surface area contributed by atoms with Crippen molar-refractivity contribution in [3.63, 3.8) is 0 Å². The predicted molar refractivity (Wildman–Crippen MR) is 126 cm³/mol. The van der Waals surface area contributed by atoms with Crippen LogP contribution in [0.3, 0.4) is 0 Å². The molecular weight excluding hydrogens is 521 g/mol. The Morgan fingerprint density at radius 1 is 1.30 bits per heavy atom. The molecule has 0 spiro atoms. The van der Waals surface area contributed by atoms with Crippen LogP contribution in [0, 0.1) is 0 Å². The number of guanidine groups is 1. The van der Waals surface area contributed by atoms with Gasteiger partial charge < -0.3 is 19.5 Å². The van der Waals surface area contributed by atoms with Crippen molar-refractivity contribution in [3.05, 3.63) is 18.0 Å². The van der Waals surface area contributed by atoms with Crippen molar-refractivity contribution in [1.82, 2.24) is 19.7 Å². The molecule has 0 atom stereocenters. The van der Waals surface area contributed by atoms with Gasteiger partial charge in [-0.2, -0.15) is 4.31 Å². The lowest BCUT2D eigenvalue weighted by Gasteiger charge is -2.35. The molecule has 2 fully saturated rings. The van der Waals surface area contributed by atoms with Crippen LogP contribution in [-0.4, -0.2) is 80.7 Å². The van der Waals surface area contributed by atoms with E-state index in [0.717, 1.165) is 25.5 Å². The van der Waals surface area contributed by atoms with Gasteiger partial charge in [0.25, 0.3) is 0 Å². The summed E-state index contributed by atoms with van der Waals surface area (Å²) in [5.41, 5.74) is 0.433. The average molecular weight is 555 g/mol. The Bertz CT molecular complexity index is 730. The maximum Gasteiger partial charge on any atom is 0.220 e. The first-order valence-corrected chi connectivity index (χ1v) is 12.2. The summed E-state index contributed by atoms with van der Waals surface area (Å²) in [4.78, 5) is 6.84. The van der Waals surface area contributed by atoms with Gasteiger partial charge in [-0.05, 0) is 26.2 Å². The Kier molecular flexibility index (Phi) is 10.8. The van der Waals surface area contributed by atoms with E-state index in [0.29, 0.717) is 44.5 Å². The average Bonchev–Trinajstić information content (AvgIpc) is 3.41. The second-order valence-corrected chi connectivity index (χ2v) is 9.47. The fourth-order valence-corrected chi connectivity index (χ4v) is 5.17. The SMILES string of the molecule is CCNC(=NCCCOC1CCCC1)N1CCN(S(=O)(=O)Cc2ccon2)CC1.I.